The van der Waals surface area contributed by atoms with Crippen LogP contribution in [0.2, 0.25) is 0 Å². The number of aromatic nitrogens is 2. The van der Waals surface area contributed by atoms with Gasteiger partial charge in [0.1, 0.15) is 23.1 Å². The molecule has 2 aliphatic rings. The summed E-state index contributed by atoms with van der Waals surface area (Å²) in [6, 6.07) is 10.2. The zero-order valence-corrected chi connectivity index (χ0v) is 22.6. The summed E-state index contributed by atoms with van der Waals surface area (Å²) in [6.07, 6.45) is 8.50. The highest BCUT2D eigenvalue weighted by Crippen LogP contribution is 2.47. The zero-order valence-electron chi connectivity index (χ0n) is 22.6. The van der Waals surface area contributed by atoms with Crippen LogP contribution < -0.4 is 9.64 Å². The van der Waals surface area contributed by atoms with Gasteiger partial charge in [-0.15, -0.1) is 0 Å². The molecule has 0 amide bonds. The van der Waals surface area contributed by atoms with Gasteiger partial charge in [0.15, 0.2) is 0 Å². The molecule has 5 nitrogen and oxygen atoms in total. The first kappa shape index (κ1) is 24.7. The maximum atomic E-state index is 10.7. The predicted octanol–water partition coefficient (Wildman–Crippen LogP) is 7.77. The number of aliphatic hydroxyl groups is 1. The molecule has 0 atom stereocenters. The summed E-state index contributed by atoms with van der Waals surface area (Å²) in [6.45, 7) is 15.9. The van der Waals surface area contributed by atoms with Crippen LogP contribution in [0.15, 0.2) is 77.8 Å². The van der Waals surface area contributed by atoms with Gasteiger partial charge in [0, 0.05) is 36.0 Å². The summed E-state index contributed by atoms with van der Waals surface area (Å²) in [4.78, 5) is 10.3. The number of benzene rings is 2. The zero-order chi connectivity index (χ0) is 26.5. The molecular weight excluding hydrogens is 458 g/mol. The van der Waals surface area contributed by atoms with E-state index in [2.05, 4.69) is 61.4 Å². The van der Waals surface area contributed by atoms with Crippen molar-refractivity contribution in [3.63, 3.8) is 0 Å². The van der Waals surface area contributed by atoms with E-state index >= 15 is 0 Å². The highest BCUT2D eigenvalue weighted by atomic mass is 16.5. The summed E-state index contributed by atoms with van der Waals surface area (Å²) >= 11 is 0. The smallest absolute Gasteiger partial charge is 0.139 e. The molecule has 2 aliphatic heterocycles. The molecule has 3 heterocycles. The second-order valence-corrected chi connectivity index (χ2v) is 10.8. The Morgan fingerprint density at radius 2 is 2.00 bits per heavy atom. The van der Waals surface area contributed by atoms with Gasteiger partial charge in [0.25, 0.3) is 0 Å². The third-order valence-electron chi connectivity index (χ3n) is 7.69. The first-order valence-corrected chi connectivity index (χ1v) is 12.7. The Labute approximate surface area is 219 Å². The molecule has 5 rings (SSSR count). The van der Waals surface area contributed by atoms with Crippen molar-refractivity contribution in [2.24, 2.45) is 0 Å². The summed E-state index contributed by atoms with van der Waals surface area (Å²) in [7, 11) is 2.15. The van der Waals surface area contributed by atoms with E-state index in [1.165, 1.54) is 11.3 Å². The second-order valence-electron chi connectivity index (χ2n) is 10.8. The summed E-state index contributed by atoms with van der Waals surface area (Å²) in [5.74, 6) is 2.39. The SMILES string of the molecule is C=C1Oc2c(cc3c(c2C)N(C)CCC3(C)C)C=C1/C=C/C(O)=C/C(C)=C(/C)c1nc2ccccc2[nH]1. The van der Waals surface area contributed by atoms with Gasteiger partial charge >= 0.3 is 0 Å². The number of hydrogen-bond donors (Lipinski definition) is 2. The van der Waals surface area contributed by atoms with E-state index in [0.717, 1.165) is 63.4 Å². The molecule has 0 aliphatic carbocycles. The first-order chi connectivity index (χ1) is 17.5. The molecule has 5 heteroatoms. The topological polar surface area (TPSA) is 61.4 Å². The molecule has 0 unspecified atom stereocenters. The quantitative estimate of drug-likeness (QED) is 0.288. The van der Waals surface area contributed by atoms with E-state index in [4.69, 9.17) is 4.74 Å². The Hall–Kier alpha value is -3.99. The van der Waals surface area contributed by atoms with Gasteiger partial charge < -0.3 is 19.7 Å². The normalized spacial score (nSPS) is 17.9. The fraction of sp³-hybridized carbons (Fsp3) is 0.281. The van der Waals surface area contributed by atoms with Crippen LogP contribution in [0.1, 0.15) is 56.6 Å². The van der Waals surface area contributed by atoms with Gasteiger partial charge in [-0.3, -0.25) is 0 Å². The van der Waals surface area contributed by atoms with Gasteiger partial charge in [-0.2, -0.15) is 0 Å². The Morgan fingerprint density at radius 3 is 2.76 bits per heavy atom. The maximum absolute atomic E-state index is 10.7. The Morgan fingerprint density at radius 1 is 1.24 bits per heavy atom. The van der Waals surface area contributed by atoms with Crippen molar-refractivity contribution in [1.29, 1.82) is 0 Å². The fourth-order valence-electron chi connectivity index (χ4n) is 5.20. The highest BCUT2D eigenvalue weighted by Gasteiger charge is 2.34. The number of para-hydroxylation sites is 2. The summed E-state index contributed by atoms with van der Waals surface area (Å²) < 4.78 is 6.23. The molecule has 0 fully saturated rings. The molecule has 0 radical (unpaired) electrons. The molecular formula is C32H35N3O2. The van der Waals surface area contributed by atoms with E-state index in [1.807, 2.05) is 44.2 Å². The molecule has 2 aromatic carbocycles. The van der Waals surface area contributed by atoms with Crippen molar-refractivity contribution >= 4 is 28.4 Å². The van der Waals surface area contributed by atoms with Crippen LogP contribution in [-0.2, 0) is 5.41 Å². The Balaban J connectivity index is 1.44. The van der Waals surface area contributed by atoms with Crippen molar-refractivity contribution in [3.05, 3.63) is 100 Å². The number of allylic oxidation sites excluding steroid dienone is 5. The van der Waals surface area contributed by atoms with E-state index in [-0.39, 0.29) is 11.2 Å². The summed E-state index contributed by atoms with van der Waals surface area (Å²) in [5.41, 5.74) is 9.55. The van der Waals surface area contributed by atoms with Crippen LogP contribution in [-0.4, -0.2) is 28.7 Å². The van der Waals surface area contributed by atoms with Gasteiger partial charge in [-0.1, -0.05) is 32.6 Å². The minimum atomic E-state index is 0.0997. The van der Waals surface area contributed by atoms with Crippen LogP contribution in [0.5, 0.6) is 5.75 Å². The largest absolute Gasteiger partial charge is 0.508 e. The number of ether oxygens (including phenoxy) is 1. The van der Waals surface area contributed by atoms with Gasteiger partial charge in [0.05, 0.1) is 11.0 Å². The van der Waals surface area contributed by atoms with Crippen molar-refractivity contribution in [2.75, 3.05) is 18.5 Å². The van der Waals surface area contributed by atoms with Crippen molar-refractivity contribution in [1.82, 2.24) is 9.97 Å². The summed E-state index contributed by atoms with van der Waals surface area (Å²) in [5, 5.41) is 10.7. The molecule has 0 saturated carbocycles. The molecule has 0 saturated heterocycles. The minimum absolute atomic E-state index is 0.0997. The second kappa shape index (κ2) is 9.15. The molecule has 2 N–H and O–H groups in total. The third kappa shape index (κ3) is 4.50. The average molecular weight is 494 g/mol. The number of nitrogens with one attached hydrogen (secondary N) is 1. The van der Waals surface area contributed by atoms with Gasteiger partial charge in [-0.25, -0.2) is 4.98 Å². The van der Waals surface area contributed by atoms with Crippen LogP contribution in [0, 0.1) is 6.92 Å². The lowest BCUT2D eigenvalue weighted by atomic mass is 9.75. The molecule has 0 bridgehead atoms. The lowest BCUT2D eigenvalue weighted by Crippen LogP contribution is -2.35. The van der Waals surface area contributed by atoms with Crippen molar-refractivity contribution in [2.45, 2.75) is 46.5 Å². The number of H-pyrrole nitrogens is 1. The first-order valence-electron chi connectivity index (χ1n) is 12.7. The standard InChI is InChI=1S/C32H35N3O2/c1-19(20(2)31-33-27-10-8-9-11-28(27)34-31)16-25(36)13-12-23-17-24-18-26-29(21(3)30(24)37-22(23)4)35(7)15-14-32(26,5)6/h8-13,16-18,36H,4,14-15H2,1-3,5-7H3,(H,33,34)/b13-12+,20-19-,25-16-. The van der Waals surface area contributed by atoms with E-state index in [9.17, 15) is 5.11 Å². The number of anilines is 1. The minimum Gasteiger partial charge on any atom is -0.508 e. The average Bonchev–Trinajstić information content (AvgIpc) is 3.29. The molecule has 1 aromatic heterocycles. The Bertz CT molecular complexity index is 1510. The lowest BCUT2D eigenvalue weighted by Gasteiger charge is -2.40. The number of fused-ring (bicyclic) bond motifs is 3. The fourth-order valence-corrected chi connectivity index (χ4v) is 5.20. The number of rotatable bonds is 4. The van der Waals surface area contributed by atoms with Crippen LogP contribution >= 0.6 is 0 Å². The van der Waals surface area contributed by atoms with Crippen molar-refractivity contribution in [3.8, 4) is 5.75 Å². The number of hydrogen-bond acceptors (Lipinski definition) is 4. The van der Waals surface area contributed by atoms with Crippen molar-refractivity contribution < 1.29 is 9.84 Å². The van der Waals surface area contributed by atoms with Crippen LogP contribution in [0.3, 0.4) is 0 Å². The number of nitrogens with zero attached hydrogens (tertiary/aromatic N) is 2. The molecule has 3 aromatic rings. The van der Waals surface area contributed by atoms with E-state index in [0.29, 0.717) is 5.76 Å². The molecule has 37 heavy (non-hydrogen) atoms. The maximum Gasteiger partial charge on any atom is 0.139 e. The number of aliphatic hydroxyl groups excluding tert-OH is 1. The van der Waals surface area contributed by atoms with E-state index < -0.39 is 0 Å². The van der Waals surface area contributed by atoms with E-state index in [1.54, 1.807) is 12.2 Å². The molecule has 0 spiro atoms. The molecule has 190 valence electrons. The highest BCUT2D eigenvalue weighted by molar-refractivity contribution is 5.80. The predicted molar refractivity (Wildman–Crippen MR) is 154 cm³/mol. The number of aromatic amines is 1. The monoisotopic (exact) mass is 493 g/mol. The Kier molecular flexibility index (Phi) is 6.10. The van der Waals surface area contributed by atoms with Gasteiger partial charge in [-0.05, 0) is 91.8 Å². The lowest BCUT2D eigenvalue weighted by molar-refractivity contribution is 0.425. The third-order valence-corrected chi connectivity index (χ3v) is 7.69. The van der Waals surface area contributed by atoms with Crippen LogP contribution in [0.25, 0.3) is 22.7 Å². The van der Waals surface area contributed by atoms with Crippen LogP contribution in [0.4, 0.5) is 5.69 Å². The van der Waals surface area contributed by atoms with Gasteiger partial charge in [0.2, 0.25) is 0 Å². The number of imidazole rings is 1.